The molecule has 10 radical (unpaired) electrons. The number of carbonyl (C=O) groups is 3. The van der Waals surface area contributed by atoms with Gasteiger partial charge in [-0.05, 0) is 47.0 Å². The van der Waals surface area contributed by atoms with E-state index in [9.17, 15) is 14.4 Å². The number of morpholine rings is 1. The van der Waals surface area contributed by atoms with Crippen LogP contribution in [0.5, 0.6) is 5.75 Å². The van der Waals surface area contributed by atoms with Crippen LogP contribution in [0.15, 0.2) is 42.5 Å². The number of hydrogen-bond acceptors (Lipinski definition) is 6. The molecule has 0 aromatic heterocycles. The largest absolute Gasteiger partial charge is 0.489 e. The van der Waals surface area contributed by atoms with Crippen LogP contribution in [0.1, 0.15) is 39.9 Å². The third kappa shape index (κ3) is 5.06. The van der Waals surface area contributed by atoms with E-state index in [0.29, 0.717) is 24.3 Å². The van der Waals surface area contributed by atoms with E-state index in [1.165, 1.54) is 4.90 Å². The van der Waals surface area contributed by atoms with Gasteiger partial charge in [-0.3, -0.25) is 19.7 Å². The maximum Gasteiger partial charge on any atom is 0.255 e. The summed E-state index contributed by atoms with van der Waals surface area (Å²) in [5, 5.41) is 0.680. The van der Waals surface area contributed by atoms with E-state index in [0.717, 1.165) is 16.7 Å². The van der Waals surface area contributed by atoms with Crippen molar-refractivity contribution in [3.05, 3.63) is 64.7 Å². The molecule has 2 saturated heterocycles. The molecule has 5 rings (SSSR count). The average Bonchev–Trinajstić information content (AvgIpc) is 3.21. The zero-order valence-electron chi connectivity index (χ0n) is 20.7. The summed E-state index contributed by atoms with van der Waals surface area (Å²) in [7, 11) is 30.1. The highest BCUT2D eigenvalue weighted by molar-refractivity contribution is 6.43. The fourth-order valence-electron chi connectivity index (χ4n) is 5.02. The van der Waals surface area contributed by atoms with Gasteiger partial charge in [0, 0.05) is 30.1 Å². The Balaban J connectivity index is 1.24. The van der Waals surface area contributed by atoms with Gasteiger partial charge in [-0.15, -0.1) is 0 Å². The van der Waals surface area contributed by atoms with Gasteiger partial charge in [0.1, 0.15) is 41.9 Å². The van der Waals surface area contributed by atoms with Crippen LogP contribution >= 0.6 is 0 Å². The lowest BCUT2D eigenvalue weighted by Gasteiger charge is -2.53. The first-order chi connectivity index (χ1) is 18.0. The Bertz CT molecular complexity index is 1260. The number of ether oxygens (including phenoxy) is 2. The number of benzene rings is 2. The summed E-state index contributed by atoms with van der Waals surface area (Å²) < 4.78 is 11.4. The van der Waals surface area contributed by atoms with E-state index >= 15 is 0 Å². The second-order valence-electron chi connectivity index (χ2n) is 9.83. The summed E-state index contributed by atoms with van der Waals surface area (Å²) in [6.45, 7) is 0.863. The lowest BCUT2D eigenvalue weighted by Crippen LogP contribution is -2.68. The van der Waals surface area contributed by atoms with Crippen molar-refractivity contribution in [2.45, 2.75) is 61.9 Å². The molecule has 3 aliphatic heterocycles. The molecule has 0 aliphatic carbocycles. The van der Waals surface area contributed by atoms with Gasteiger partial charge in [0.25, 0.3) is 5.91 Å². The molecule has 2 fully saturated rings. The minimum atomic E-state index is -1.63. The number of rotatable bonds is 6. The summed E-state index contributed by atoms with van der Waals surface area (Å²) in [6.07, 6.45) is 0.502. The molecule has 1 N–H and O–H groups in total. The second-order valence-corrected chi connectivity index (χ2v) is 9.83. The van der Waals surface area contributed by atoms with Gasteiger partial charge in [-0.2, -0.15) is 0 Å². The number of nitrogens with one attached hydrogen (secondary N) is 1. The highest BCUT2D eigenvalue weighted by Gasteiger charge is 2.41. The first-order valence-corrected chi connectivity index (χ1v) is 12.3. The molecular weight excluding hydrogens is 476 g/mol. The molecule has 182 valence electrons. The molecule has 4 unspecified atom stereocenters. The van der Waals surface area contributed by atoms with Gasteiger partial charge in [0.2, 0.25) is 11.8 Å². The fourth-order valence-corrected chi connectivity index (χ4v) is 5.02. The maximum absolute atomic E-state index is 13.0. The smallest absolute Gasteiger partial charge is 0.255 e. The predicted octanol–water partition coefficient (Wildman–Crippen LogP) is -0.667. The summed E-state index contributed by atoms with van der Waals surface area (Å²) in [5.41, 5.74) is 3.03. The Morgan fingerprint density at radius 2 is 1.74 bits per heavy atom. The highest BCUT2D eigenvalue weighted by atomic mass is 16.5. The van der Waals surface area contributed by atoms with Crippen molar-refractivity contribution in [1.82, 2.24) is 15.1 Å². The quantitative estimate of drug-likeness (QED) is 0.420. The Kier molecular flexibility index (Phi) is 7.26. The Morgan fingerprint density at radius 1 is 1.03 bits per heavy atom. The van der Waals surface area contributed by atoms with Crippen molar-refractivity contribution in [1.29, 1.82) is 0 Å². The molecule has 13 heteroatoms. The van der Waals surface area contributed by atoms with E-state index in [-0.39, 0.29) is 31.4 Å². The molecule has 3 amide bonds. The molecule has 38 heavy (non-hydrogen) atoms. The normalized spacial score (nSPS) is 27.2. The van der Waals surface area contributed by atoms with Gasteiger partial charge in [-0.25, -0.2) is 0 Å². The topological polar surface area (TPSA) is 88.2 Å². The Morgan fingerprint density at radius 3 is 2.45 bits per heavy atom. The van der Waals surface area contributed by atoms with Crippen LogP contribution in [0.4, 0.5) is 0 Å². The first kappa shape index (κ1) is 26.7. The van der Waals surface area contributed by atoms with Crippen LogP contribution in [0, 0.1) is 0 Å². The molecule has 0 bridgehead atoms. The summed E-state index contributed by atoms with van der Waals surface area (Å²) in [6, 6.07) is 11.3. The number of piperidine rings is 1. The molecule has 2 aromatic rings. The minimum absolute atomic E-state index is 0.200. The lowest BCUT2D eigenvalue weighted by atomic mass is 9.52. The molecular formula is C25H22B5N3O5. The van der Waals surface area contributed by atoms with Gasteiger partial charge >= 0.3 is 0 Å². The van der Waals surface area contributed by atoms with Crippen LogP contribution in [0.2, 0.25) is 0 Å². The van der Waals surface area contributed by atoms with Crippen molar-refractivity contribution in [2.24, 2.45) is 0 Å². The van der Waals surface area contributed by atoms with Gasteiger partial charge in [0.05, 0.1) is 22.2 Å². The number of fused-ring (bicyclic) bond motifs is 1. The molecule has 2 aromatic carbocycles. The van der Waals surface area contributed by atoms with Crippen LogP contribution in [-0.4, -0.2) is 96.1 Å². The fraction of sp³-hybridized carbons (Fsp3) is 0.400. The van der Waals surface area contributed by atoms with E-state index < -0.39 is 35.2 Å². The van der Waals surface area contributed by atoms with Crippen molar-refractivity contribution in [3.8, 4) is 5.75 Å². The van der Waals surface area contributed by atoms with Crippen LogP contribution < -0.4 is 10.1 Å². The van der Waals surface area contributed by atoms with E-state index in [2.05, 4.69) is 5.32 Å². The van der Waals surface area contributed by atoms with E-state index in [4.69, 9.17) is 48.7 Å². The van der Waals surface area contributed by atoms with Crippen molar-refractivity contribution in [2.75, 3.05) is 0 Å². The van der Waals surface area contributed by atoms with Crippen molar-refractivity contribution in [3.63, 3.8) is 0 Å². The van der Waals surface area contributed by atoms with Crippen molar-refractivity contribution < 1.29 is 23.9 Å². The van der Waals surface area contributed by atoms with Crippen LogP contribution in [0.25, 0.3) is 0 Å². The minimum Gasteiger partial charge on any atom is -0.489 e. The SMILES string of the molecule is [B]C1OC([B])([B])C([B])N(Cc2ccc(COc3cccc4c3CN(C3CCC(=O)NC3=O)C4=O)cc2)C1[B]. The third-order valence-electron chi connectivity index (χ3n) is 7.20. The Labute approximate surface area is 228 Å². The highest BCUT2D eigenvalue weighted by Crippen LogP contribution is 2.34. The molecule has 8 nitrogen and oxygen atoms in total. The standard InChI is InChI=1S/C25H22B5N3O5/c26-20-21(27)38-25(29,30)24(28)33(20)10-13-4-6-14(7-5-13)12-37-18-3-1-2-15-16(18)11-32(23(15)36)17-8-9-19(34)31-22(17)35/h1-7,17,20-21,24H,8-12H2,(H,31,34,35). The zero-order chi connectivity index (χ0) is 27.2. The number of carbonyl (C=O) groups excluding carboxylic acids is 3. The first-order valence-electron chi connectivity index (χ1n) is 12.3. The maximum atomic E-state index is 13.0. The van der Waals surface area contributed by atoms with E-state index in [1.54, 1.807) is 23.1 Å². The molecule has 3 heterocycles. The second kappa shape index (κ2) is 10.3. The number of amides is 3. The summed E-state index contributed by atoms with van der Waals surface area (Å²) in [4.78, 5) is 40.0. The third-order valence-corrected chi connectivity index (χ3v) is 7.20. The number of hydrogen-bond donors (Lipinski definition) is 1. The van der Waals surface area contributed by atoms with E-state index in [1.807, 2.05) is 24.3 Å². The van der Waals surface area contributed by atoms with Gasteiger partial charge in [-0.1, -0.05) is 30.3 Å². The summed E-state index contributed by atoms with van der Waals surface area (Å²) >= 11 is 0. The number of imide groups is 1. The van der Waals surface area contributed by atoms with Crippen molar-refractivity contribution >= 4 is 57.0 Å². The average molecular weight is 499 g/mol. The van der Waals surface area contributed by atoms with Crippen LogP contribution in [-0.2, 0) is 34.0 Å². The number of nitrogens with zero attached hydrogens (tertiary/aromatic N) is 2. The van der Waals surface area contributed by atoms with Gasteiger partial charge < -0.3 is 19.3 Å². The molecule has 0 spiro atoms. The predicted molar refractivity (Wildman–Crippen MR) is 143 cm³/mol. The molecule has 4 atom stereocenters. The molecule has 3 aliphatic rings. The zero-order valence-corrected chi connectivity index (χ0v) is 20.7. The van der Waals surface area contributed by atoms with Crippen LogP contribution in [0.3, 0.4) is 0 Å². The monoisotopic (exact) mass is 499 g/mol. The summed E-state index contributed by atoms with van der Waals surface area (Å²) in [5.74, 6) is -2.00. The Hall–Kier alpha value is -2.91. The molecule has 0 saturated carbocycles. The van der Waals surface area contributed by atoms with Gasteiger partial charge in [0.15, 0.2) is 0 Å². The lowest BCUT2D eigenvalue weighted by molar-refractivity contribution is -0.136.